The fourth-order valence-corrected chi connectivity index (χ4v) is 3.61. The number of thiophene rings is 1. The summed E-state index contributed by atoms with van der Waals surface area (Å²) in [5.74, 6) is 0.567. The van der Waals surface area contributed by atoms with Crippen molar-refractivity contribution in [3.63, 3.8) is 0 Å². The average molecular weight is 372 g/mol. The summed E-state index contributed by atoms with van der Waals surface area (Å²) in [5, 5.41) is 0. The van der Waals surface area contributed by atoms with E-state index in [1.807, 2.05) is 72.8 Å². The Labute approximate surface area is 156 Å². The van der Waals surface area contributed by atoms with Crippen molar-refractivity contribution in [2.24, 2.45) is 0 Å². The third kappa shape index (κ3) is 4.62. The third-order valence-electron chi connectivity index (χ3n) is 3.72. The van der Waals surface area contributed by atoms with Crippen LogP contribution < -0.4 is 4.74 Å². The molecule has 1 atom stereocenters. The molecule has 0 spiro atoms. The van der Waals surface area contributed by atoms with Crippen molar-refractivity contribution in [3.05, 3.63) is 87.6 Å². The Kier molecular flexibility index (Phi) is 5.74. The maximum absolute atomic E-state index is 13.0. The molecule has 0 saturated heterocycles. The van der Waals surface area contributed by atoms with Crippen LogP contribution in [0.25, 0.3) is 0 Å². The van der Waals surface area contributed by atoms with Gasteiger partial charge in [0.15, 0.2) is 0 Å². The summed E-state index contributed by atoms with van der Waals surface area (Å²) in [7, 11) is 1.78. The molecule has 3 aromatic rings. The van der Waals surface area contributed by atoms with Crippen molar-refractivity contribution in [1.82, 2.24) is 4.90 Å². The number of hydrogen-bond donors (Lipinski definition) is 0. The van der Waals surface area contributed by atoms with Gasteiger partial charge in [-0.15, -0.1) is 11.3 Å². The van der Waals surface area contributed by atoms with E-state index in [1.165, 1.54) is 11.3 Å². The second kappa shape index (κ2) is 8.19. The summed E-state index contributed by atoms with van der Waals surface area (Å²) in [6.45, 7) is 0.498. The standard InChI is InChI=1S/C20H18ClNO2S/c1-22(14-17-12-13-18(21)25-17)20(23)19(15-8-4-2-5-9-15)24-16-10-6-3-7-11-16/h2-13,19H,14H2,1H3. The summed E-state index contributed by atoms with van der Waals surface area (Å²) in [6.07, 6.45) is -0.691. The van der Waals surface area contributed by atoms with Gasteiger partial charge in [-0.2, -0.15) is 0 Å². The number of carbonyl (C=O) groups is 1. The quantitative estimate of drug-likeness (QED) is 0.597. The zero-order valence-electron chi connectivity index (χ0n) is 13.8. The lowest BCUT2D eigenvalue weighted by Gasteiger charge is -2.24. The van der Waals surface area contributed by atoms with Gasteiger partial charge in [0.25, 0.3) is 5.91 Å². The Balaban J connectivity index is 1.81. The maximum atomic E-state index is 13.0. The van der Waals surface area contributed by atoms with Gasteiger partial charge in [-0.25, -0.2) is 0 Å². The number of rotatable bonds is 6. The second-order valence-electron chi connectivity index (χ2n) is 5.62. The van der Waals surface area contributed by atoms with E-state index in [2.05, 4.69) is 0 Å². The third-order valence-corrected chi connectivity index (χ3v) is 4.94. The molecule has 0 N–H and O–H groups in total. The minimum atomic E-state index is -0.691. The molecule has 128 valence electrons. The van der Waals surface area contributed by atoms with Crippen LogP contribution in [0.3, 0.4) is 0 Å². The number of benzene rings is 2. The first-order valence-corrected chi connectivity index (χ1v) is 9.09. The van der Waals surface area contributed by atoms with Crippen molar-refractivity contribution in [1.29, 1.82) is 0 Å². The highest BCUT2D eigenvalue weighted by atomic mass is 35.5. The number of halogens is 1. The predicted octanol–water partition coefficient (Wildman–Crippen LogP) is 5.18. The molecule has 1 heterocycles. The van der Waals surface area contributed by atoms with Crippen LogP contribution in [0.2, 0.25) is 4.34 Å². The highest BCUT2D eigenvalue weighted by molar-refractivity contribution is 7.16. The number of hydrogen-bond acceptors (Lipinski definition) is 3. The molecule has 1 aromatic heterocycles. The van der Waals surface area contributed by atoms with Crippen molar-refractivity contribution in [2.75, 3.05) is 7.05 Å². The Morgan fingerprint density at radius 2 is 1.68 bits per heavy atom. The second-order valence-corrected chi connectivity index (χ2v) is 7.42. The zero-order valence-corrected chi connectivity index (χ0v) is 15.3. The topological polar surface area (TPSA) is 29.5 Å². The number of carbonyl (C=O) groups excluding carboxylic acids is 1. The molecule has 0 fully saturated rings. The van der Waals surface area contributed by atoms with Crippen LogP contribution in [0.5, 0.6) is 5.75 Å². The van der Waals surface area contributed by atoms with Crippen LogP contribution in [0.15, 0.2) is 72.8 Å². The molecule has 5 heteroatoms. The van der Waals surface area contributed by atoms with E-state index in [-0.39, 0.29) is 5.91 Å². The highest BCUT2D eigenvalue weighted by Gasteiger charge is 2.26. The Bertz CT molecular complexity index is 820. The van der Waals surface area contributed by atoms with Crippen LogP contribution in [0.1, 0.15) is 16.5 Å². The molecule has 0 bridgehead atoms. The predicted molar refractivity (Wildman–Crippen MR) is 102 cm³/mol. The van der Waals surface area contributed by atoms with E-state index in [0.29, 0.717) is 12.3 Å². The van der Waals surface area contributed by atoms with E-state index >= 15 is 0 Å². The van der Waals surface area contributed by atoms with Gasteiger partial charge in [0.2, 0.25) is 6.10 Å². The fourth-order valence-electron chi connectivity index (χ4n) is 2.47. The summed E-state index contributed by atoms with van der Waals surface area (Å²) in [6, 6.07) is 22.7. The molecule has 1 amide bonds. The van der Waals surface area contributed by atoms with E-state index < -0.39 is 6.10 Å². The molecule has 3 rings (SSSR count). The average Bonchev–Trinajstić information content (AvgIpc) is 3.05. The summed E-state index contributed by atoms with van der Waals surface area (Å²) in [5.41, 5.74) is 0.826. The molecule has 1 unspecified atom stereocenters. The van der Waals surface area contributed by atoms with E-state index in [9.17, 15) is 4.79 Å². The first-order chi connectivity index (χ1) is 12.1. The number of amides is 1. The summed E-state index contributed by atoms with van der Waals surface area (Å²) in [4.78, 5) is 15.7. The molecular formula is C20H18ClNO2S. The van der Waals surface area contributed by atoms with Crippen molar-refractivity contribution in [3.8, 4) is 5.75 Å². The molecule has 0 aliphatic heterocycles. The van der Waals surface area contributed by atoms with Crippen molar-refractivity contribution >= 4 is 28.8 Å². The normalized spacial score (nSPS) is 11.8. The van der Waals surface area contributed by atoms with Gasteiger partial charge in [-0.3, -0.25) is 4.79 Å². The van der Waals surface area contributed by atoms with Gasteiger partial charge in [0, 0.05) is 17.5 Å². The molecule has 3 nitrogen and oxygen atoms in total. The highest BCUT2D eigenvalue weighted by Crippen LogP contribution is 2.26. The zero-order chi connectivity index (χ0) is 17.6. The van der Waals surface area contributed by atoms with Gasteiger partial charge >= 0.3 is 0 Å². The Hall–Kier alpha value is -2.30. The molecule has 2 aromatic carbocycles. The molecule has 0 aliphatic carbocycles. The first kappa shape index (κ1) is 17.5. The van der Waals surface area contributed by atoms with Crippen LogP contribution in [0.4, 0.5) is 0 Å². The van der Waals surface area contributed by atoms with E-state index in [0.717, 1.165) is 14.8 Å². The first-order valence-electron chi connectivity index (χ1n) is 7.89. The Morgan fingerprint density at radius 3 is 2.28 bits per heavy atom. The van der Waals surface area contributed by atoms with Gasteiger partial charge < -0.3 is 9.64 Å². The van der Waals surface area contributed by atoms with Gasteiger partial charge in [-0.1, -0.05) is 60.1 Å². The SMILES string of the molecule is CN(Cc1ccc(Cl)s1)C(=O)C(Oc1ccccc1)c1ccccc1. The summed E-state index contributed by atoms with van der Waals surface area (Å²) >= 11 is 7.46. The Morgan fingerprint density at radius 1 is 1.04 bits per heavy atom. The van der Waals surface area contributed by atoms with Crippen molar-refractivity contribution in [2.45, 2.75) is 12.6 Å². The molecular weight excluding hydrogens is 354 g/mol. The van der Waals surface area contributed by atoms with Gasteiger partial charge in [0.1, 0.15) is 5.75 Å². The lowest BCUT2D eigenvalue weighted by atomic mass is 10.1. The number of para-hydroxylation sites is 1. The molecule has 25 heavy (non-hydrogen) atoms. The van der Waals surface area contributed by atoms with Crippen LogP contribution in [-0.2, 0) is 11.3 Å². The number of ether oxygens (including phenoxy) is 1. The van der Waals surface area contributed by atoms with Crippen LogP contribution >= 0.6 is 22.9 Å². The largest absolute Gasteiger partial charge is 0.476 e. The minimum absolute atomic E-state index is 0.0976. The smallest absolute Gasteiger partial charge is 0.268 e. The molecule has 0 saturated carbocycles. The number of likely N-dealkylation sites (N-methyl/N-ethyl adjacent to an activating group) is 1. The van der Waals surface area contributed by atoms with E-state index in [1.54, 1.807) is 11.9 Å². The van der Waals surface area contributed by atoms with Crippen molar-refractivity contribution < 1.29 is 9.53 Å². The maximum Gasteiger partial charge on any atom is 0.268 e. The molecule has 0 aliphatic rings. The van der Waals surface area contributed by atoms with Crippen LogP contribution in [0, 0.1) is 0 Å². The fraction of sp³-hybridized carbons (Fsp3) is 0.150. The van der Waals surface area contributed by atoms with Crippen LogP contribution in [-0.4, -0.2) is 17.9 Å². The van der Waals surface area contributed by atoms with Gasteiger partial charge in [0.05, 0.1) is 10.9 Å². The minimum Gasteiger partial charge on any atom is -0.476 e. The molecule has 0 radical (unpaired) electrons. The summed E-state index contributed by atoms with van der Waals surface area (Å²) < 4.78 is 6.73. The van der Waals surface area contributed by atoms with Gasteiger partial charge in [-0.05, 0) is 24.3 Å². The van der Waals surface area contributed by atoms with E-state index in [4.69, 9.17) is 16.3 Å². The number of nitrogens with zero attached hydrogens (tertiary/aromatic N) is 1. The lowest BCUT2D eigenvalue weighted by Crippen LogP contribution is -2.33. The lowest BCUT2D eigenvalue weighted by molar-refractivity contribution is -0.138. The monoisotopic (exact) mass is 371 g/mol.